The Morgan fingerprint density at radius 2 is 2.44 bits per heavy atom. The van der Waals surface area contributed by atoms with Gasteiger partial charge >= 0.3 is 0 Å². The van der Waals surface area contributed by atoms with E-state index in [2.05, 4.69) is 33.2 Å². The second-order valence-electron chi connectivity index (χ2n) is 4.11. The molecular formula is C12H17BrN2O. The highest BCUT2D eigenvalue weighted by atomic mass is 79.9. The first-order valence-corrected chi connectivity index (χ1v) is 6.56. The van der Waals surface area contributed by atoms with Crippen molar-refractivity contribution in [1.29, 1.82) is 0 Å². The maximum absolute atomic E-state index is 5.65. The molecule has 0 radical (unpaired) electrons. The number of hydrogen-bond acceptors (Lipinski definition) is 3. The van der Waals surface area contributed by atoms with E-state index >= 15 is 0 Å². The summed E-state index contributed by atoms with van der Waals surface area (Å²) in [5.74, 6) is 1.56. The predicted octanol–water partition coefficient (Wildman–Crippen LogP) is 3.07. The molecule has 88 valence electrons. The Hall–Kier alpha value is -0.610. The monoisotopic (exact) mass is 284 g/mol. The molecule has 0 amide bonds. The maximum atomic E-state index is 5.65. The van der Waals surface area contributed by atoms with Crippen LogP contribution in [-0.4, -0.2) is 24.2 Å². The van der Waals surface area contributed by atoms with Crippen LogP contribution in [0.25, 0.3) is 0 Å². The van der Waals surface area contributed by atoms with Crippen molar-refractivity contribution in [3.8, 4) is 0 Å². The standard InChI is InChI=1S/C12H17BrN2O/c1-2-11-9(5-6-16-11)7-14-12-4-3-10(13)8-15-12/h3-4,8-9,11H,2,5-7H2,1H3,(H,14,15). The third kappa shape index (κ3) is 2.95. The molecule has 2 rings (SSSR count). The number of nitrogens with zero attached hydrogens (tertiary/aromatic N) is 1. The average molecular weight is 285 g/mol. The van der Waals surface area contributed by atoms with Gasteiger partial charge in [-0.05, 0) is 40.9 Å². The lowest BCUT2D eigenvalue weighted by molar-refractivity contribution is 0.0900. The van der Waals surface area contributed by atoms with E-state index in [1.165, 1.54) is 0 Å². The van der Waals surface area contributed by atoms with Gasteiger partial charge in [-0.2, -0.15) is 0 Å². The van der Waals surface area contributed by atoms with Gasteiger partial charge in [0, 0.05) is 29.7 Å². The summed E-state index contributed by atoms with van der Waals surface area (Å²) in [5, 5.41) is 3.37. The van der Waals surface area contributed by atoms with Crippen molar-refractivity contribution in [2.24, 2.45) is 5.92 Å². The third-order valence-corrected chi connectivity index (χ3v) is 3.49. The summed E-state index contributed by atoms with van der Waals surface area (Å²) in [4.78, 5) is 4.29. The number of anilines is 1. The van der Waals surface area contributed by atoms with E-state index in [1.807, 2.05) is 18.3 Å². The lowest BCUT2D eigenvalue weighted by Gasteiger charge is -2.17. The first-order chi connectivity index (χ1) is 7.79. The highest BCUT2D eigenvalue weighted by molar-refractivity contribution is 9.10. The number of pyridine rings is 1. The van der Waals surface area contributed by atoms with Crippen molar-refractivity contribution < 1.29 is 4.74 Å². The summed E-state index contributed by atoms with van der Waals surface area (Å²) < 4.78 is 6.66. The molecule has 3 nitrogen and oxygen atoms in total. The lowest BCUT2D eigenvalue weighted by atomic mass is 10.00. The molecule has 1 N–H and O–H groups in total. The molecule has 2 atom stereocenters. The second-order valence-corrected chi connectivity index (χ2v) is 5.02. The van der Waals surface area contributed by atoms with Crippen molar-refractivity contribution in [2.45, 2.75) is 25.9 Å². The summed E-state index contributed by atoms with van der Waals surface area (Å²) >= 11 is 3.37. The van der Waals surface area contributed by atoms with Crippen LogP contribution in [0.3, 0.4) is 0 Å². The van der Waals surface area contributed by atoms with Crippen LogP contribution in [0.2, 0.25) is 0 Å². The van der Waals surface area contributed by atoms with Crippen LogP contribution in [0.4, 0.5) is 5.82 Å². The van der Waals surface area contributed by atoms with Crippen LogP contribution >= 0.6 is 15.9 Å². The molecule has 0 spiro atoms. The molecule has 2 heterocycles. The second kappa shape index (κ2) is 5.64. The van der Waals surface area contributed by atoms with Gasteiger partial charge in [0.1, 0.15) is 5.82 Å². The van der Waals surface area contributed by atoms with E-state index in [9.17, 15) is 0 Å². The van der Waals surface area contributed by atoms with Crippen molar-refractivity contribution in [1.82, 2.24) is 4.98 Å². The molecular weight excluding hydrogens is 268 g/mol. The smallest absolute Gasteiger partial charge is 0.125 e. The van der Waals surface area contributed by atoms with Crippen LogP contribution in [-0.2, 0) is 4.74 Å². The molecule has 1 aliphatic rings. The zero-order chi connectivity index (χ0) is 11.4. The van der Waals surface area contributed by atoms with Gasteiger partial charge in [-0.1, -0.05) is 6.92 Å². The first kappa shape index (κ1) is 11.9. The van der Waals surface area contributed by atoms with Crippen LogP contribution in [0.1, 0.15) is 19.8 Å². The van der Waals surface area contributed by atoms with Crippen molar-refractivity contribution in [3.63, 3.8) is 0 Å². The van der Waals surface area contributed by atoms with Gasteiger partial charge in [0.2, 0.25) is 0 Å². The zero-order valence-corrected chi connectivity index (χ0v) is 11.0. The number of halogens is 1. The fourth-order valence-corrected chi connectivity index (χ4v) is 2.33. The molecule has 1 aromatic rings. The Bertz CT molecular complexity index is 328. The van der Waals surface area contributed by atoms with Crippen LogP contribution in [0, 0.1) is 5.92 Å². The Balaban J connectivity index is 1.85. The highest BCUT2D eigenvalue weighted by Crippen LogP contribution is 2.23. The summed E-state index contributed by atoms with van der Waals surface area (Å²) in [6.45, 7) is 4.03. The minimum Gasteiger partial charge on any atom is -0.378 e. The molecule has 2 unspecified atom stereocenters. The number of rotatable bonds is 4. The van der Waals surface area contributed by atoms with E-state index < -0.39 is 0 Å². The van der Waals surface area contributed by atoms with Gasteiger partial charge in [0.25, 0.3) is 0 Å². The predicted molar refractivity (Wildman–Crippen MR) is 68.6 cm³/mol. The topological polar surface area (TPSA) is 34.1 Å². The Labute approximate surface area is 105 Å². The molecule has 0 aliphatic carbocycles. The molecule has 16 heavy (non-hydrogen) atoms. The van der Waals surface area contributed by atoms with Gasteiger partial charge in [-0.15, -0.1) is 0 Å². The largest absolute Gasteiger partial charge is 0.378 e. The van der Waals surface area contributed by atoms with Gasteiger partial charge < -0.3 is 10.1 Å². The first-order valence-electron chi connectivity index (χ1n) is 5.76. The van der Waals surface area contributed by atoms with E-state index in [0.29, 0.717) is 12.0 Å². The minimum absolute atomic E-state index is 0.419. The molecule has 1 aromatic heterocycles. The normalized spacial score (nSPS) is 24.6. The Morgan fingerprint density at radius 3 is 3.12 bits per heavy atom. The minimum atomic E-state index is 0.419. The molecule has 1 fully saturated rings. The third-order valence-electron chi connectivity index (χ3n) is 3.02. The summed E-state index contributed by atoms with van der Waals surface area (Å²) in [6, 6.07) is 3.98. The van der Waals surface area contributed by atoms with E-state index in [1.54, 1.807) is 0 Å². The quantitative estimate of drug-likeness (QED) is 0.923. The Morgan fingerprint density at radius 1 is 1.56 bits per heavy atom. The van der Waals surface area contributed by atoms with Crippen LogP contribution in [0.15, 0.2) is 22.8 Å². The molecule has 0 bridgehead atoms. The molecule has 0 saturated carbocycles. The van der Waals surface area contributed by atoms with E-state index in [-0.39, 0.29) is 0 Å². The summed E-state index contributed by atoms with van der Waals surface area (Å²) in [5.41, 5.74) is 0. The lowest BCUT2D eigenvalue weighted by Crippen LogP contribution is -2.23. The summed E-state index contributed by atoms with van der Waals surface area (Å²) in [7, 11) is 0. The SMILES string of the molecule is CCC1OCCC1CNc1ccc(Br)cn1. The van der Waals surface area contributed by atoms with Gasteiger partial charge in [-0.25, -0.2) is 4.98 Å². The average Bonchev–Trinajstić information content (AvgIpc) is 2.76. The summed E-state index contributed by atoms with van der Waals surface area (Å²) in [6.07, 6.45) is 4.48. The van der Waals surface area contributed by atoms with Gasteiger partial charge in [0.15, 0.2) is 0 Å². The maximum Gasteiger partial charge on any atom is 0.125 e. The van der Waals surface area contributed by atoms with Crippen molar-refractivity contribution in [3.05, 3.63) is 22.8 Å². The number of ether oxygens (including phenoxy) is 1. The van der Waals surface area contributed by atoms with Gasteiger partial charge in [0.05, 0.1) is 6.10 Å². The number of aromatic nitrogens is 1. The molecule has 1 aliphatic heterocycles. The number of hydrogen-bond donors (Lipinski definition) is 1. The van der Waals surface area contributed by atoms with Gasteiger partial charge in [-0.3, -0.25) is 0 Å². The van der Waals surface area contributed by atoms with Crippen LogP contribution < -0.4 is 5.32 Å². The zero-order valence-electron chi connectivity index (χ0n) is 9.45. The van der Waals surface area contributed by atoms with Crippen molar-refractivity contribution in [2.75, 3.05) is 18.5 Å². The van der Waals surface area contributed by atoms with Crippen molar-refractivity contribution >= 4 is 21.7 Å². The number of nitrogens with one attached hydrogen (secondary N) is 1. The Kier molecular flexibility index (Phi) is 4.18. The van der Waals surface area contributed by atoms with Crippen LogP contribution in [0.5, 0.6) is 0 Å². The van der Waals surface area contributed by atoms with E-state index in [4.69, 9.17) is 4.74 Å². The molecule has 0 aromatic carbocycles. The fraction of sp³-hybridized carbons (Fsp3) is 0.583. The fourth-order valence-electron chi connectivity index (χ4n) is 2.09. The van der Waals surface area contributed by atoms with E-state index in [0.717, 1.165) is 36.3 Å². The molecule has 4 heteroatoms. The highest BCUT2D eigenvalue weighted by Gasteiger charge is 2.26. The molecule has 1 saturated heterocycles.